The number of aliphatic hydroxyl groups is 5. The fourth-order valence-corrected chi connectivity index (χ4v) is 2.31. The van der Waals surface area contributed by atoms with Gasteiger partial charge in [-0.2, -0.15) is 0 Å². The highest BCUT2D eigenvalue weighted by Gasteiger charge is 2.57. The van der Waals surface area contributed by atoms with Crippen molar-refractivity contribution >= 4 is 52.1 Å². The molecule has 1 aromatic rings. The van der Waals surface area contributed by atoms with Crippen molar-refractivity contribution in [3.8, 4) is 0 Å². The van der Waals surface area contributed by atoms with Gasteiger partial charge in [-0.3, -0.25) is 15.0 Å². The fraction of sp³-hybridized carbons (Fsp3) is 0.400. The van der Waals surface area contributed by atoms with E-state index in [-0.39, 0.29) is 5.56 Å². The van der Waals surface area contributed by atoms with E-state index in [4.69, 9.17) is 41.3 Å². The van der Waals surface area contributed by atoms with Gasteiger partial charge in [0.15, 0.2) is 1.41 Å². The topological polar surface area (TPSA) is 159 Å². The lowest BCUT2D eigenvalue weighted by Crippen LogP contribution is -2.64. The Labute approximate surface area is 164 Å². The largest absolute Gasteiger partial charge is 0.394 e. The smallest absolute Gasteiger partial charge is 0.235 e. The van der Waals surface area contributed by atoms with Gasteiger partial charge in [0, 0.05) is 5.56 Å². The lowest BCUT2D eigenvalue weighted by atomic mass is 9.79. The standard InChI is InChI=1S/C15H16Cl3NO7/c16-15(17,18)10(19)13(25)14(26,12(24)9(22)8(21)6-20)11(23)7-4-2-1-3-5-7/h1-5,8-9,12,19-22,24,26H,6H2/t8-,9-,12+,14+/m1/s1/i/hD. The third kappa shape index (κ3) is 4.59. The molecule has 0 spiro atoms. The Kier molecular flexibility index (Phi) is 7.12. The van der Waals surface area contributed by atoms with Gasteiger partial charge < -0.3 is 25.5 Å². The van der Waals surface area contributed by atoms with Crippen molar-refractivity contribution in [1.29, 1.82) is 5.40 Å². The first-order valence-electron chi connectivity index (χ1n) is 7.48. The molecule has 0 aliphatic carbocycles. The zero-order valence-electron chi connectivity index (χ0n) is 14.0. The van der Waals surface area contributed by atoms with Gasteiger partial charge in [-0.25, -0.2) is 0 Å². The highest BCUT2D eigenvalue weighted by molar-refractivity contribution is 6.83. The lowest BCUT2D eigenvalue weighted by Gasteiger charge is -2.35. The van der Waals surface area contributed by atoms with E-state index in [1.807, 2.05) is 0 Å². The molecule has 144 valence electrons. The first-order chi connectivity index (χ1) is 12.4. The van der Waals surface area contributed by atoms with Crippen molar-refractivity contribution in [1.82, 2.24) is 0 Å². The second kappa shape index (κ2) is 8.73. The SMILES string of the molecule is [2H]N=C(C(=O)[C@](O)(C(=O)c1ccccc1)[C@@H](O)[C@H](O)[C@H](O)CO)C(Cl)(Cl)Cl. The summed E-state index contributed by atoms with van der Waals surface area (Å²) < 4.78 is 4.35. The van der Waals surface area contributed by atoms with Crippen LogP contribution in [0.2, 0.25) is 1.41 Å². The summed E-state index contributed by atoms with van der Waals surface area (Å²) in [5, 5.41) is 52.1. The Morgan fingerprint density at radius 1 is 1.15 bits per heavy atom. The number of rotatable bonds is 8. The van der Waals surface area contributed by atoms with Crippen LogP contribution in [0.3, 0.4) is 0 Å². The molecule has 0 heterocycles. The van der Waals surface area contributed by atoms with Gasteiger partial charge in [0.2, 0.25) is 21.0 Å². The molecule has 0 fully saturated rings. The number of nitrogens with one attached hydrogen (secondary N) is 1. The van der Waals surface area contributed by atoms with Gasteiger partial charge in [-0.15, -0.1) is 0 Å². The van der Waals surface area contributed by atoms with Gasteiger partial charge in [0.25, 0.3) is 0 Å². The van der Waals surface area contributed by atoms with Gasteiger partial charge in [-0.05, 0) is 0 Å². The summed E-state index contributed by atoms with van der Waals surface area (Å²) in [6.07, 6.45) is -7.03. The summed E-state index contributed by atoms with van der Waals surface area (Å²) in [7, 11) is 0. The van der Waals surface area contributed by atoms with E-state index in [1.165, 1.54) is 30.3 Å². The number of benzene rings is 1. The summed E-state index contributed by atoms with van der Waals surface area (Å²) in [6.45, 7) is -1.06. The molecule has 4 atom stereocenters. The molecule has 0 amide bonds. The number of ketones is 2. The minimum absolute atomic E-state index is 0.272. The van der Waals surface area contributed by atoms with E-state index in [1.54, 1.807) is 0 Å². The minimum atomic E-state index is -3.49. The Morgan fingerprint density at radius 2 is 1.69 bits per heavy atom. The molecule has 0 aliphatic heterocycles. The van der Waals surface area contributed by atoms with Gasteiger partial charge >= 0.3 is 0 Å². The van der Waals surface area contributed by atoms with Crippen molar-refractivity contribution in [3.63, 3.8) is 0 Å². The first kappa shape index (κ1) is 21.2. The van der Waals surface area contributed by atoms with Crippen molar-refractivity contribution in [2.75, 3.05) is 6.61 Å². The summed E-state index contributed by atoms with van der Waals surface area (Å²) in [6, 6.07) is 6.68. The third-order valence-electron chi connectivity index (χ3n) is 3.54. The lowest BCUT2D eigenvalue weighted by molar-refractivity contribution is -0.157. The maximum atomic E-state index is 12.8. The van der Waals surface area contributed by atoms with Crippen LogP contribution in [0.4, 0.5) is 0 Å². The number of carbonyl (C=O) groups is 2. The molecule has 0 saturated carbocycles. The maximum absolute atomic E-state index is 12.8. The van der Waals surface area contributed by atoms with Crippen LogP contribution in [-0.4, -0.2) is 77.1 Å². The summed E-state index contributed by atoms with van der Waals surface area (Å²) in [4.78, 5) is 25.5. The molecule has 0 bridgehead atoms. The molecule has 0 aromatic heterocycles. The molecule has 8 nitrogen and oxygen atoms in total. The van der Waals surface area contributed by atoms with Crippen molar-refractivity contribution in [2.24, 2.45) is 0 Å². The van der Waals surface area contributed by atoms with Gasteiger partial charge in [0.1, 0.15) is 24.0 Å². The maximum Gasteiger partial charge on any atom is 0.235 e. The number of hydrogen-bond acceptors (Lipinski definition) is 8. The Hall–Kier alpha value is -1.10. The summed E-state index contributed by atoms with van der Waals surface area (Å²) >= 11 is 16.6. The molecule has 0 radical (unpaired) electrons. The number of Topliss-reactive ketones (excluding diaryl/α,β-unsaturated/α-hetero) is 2. The second-order valence-electron chi connectivity index (χ2n) is 5.32. The van der Waals surface area contributed by atoms with E-state index in [9.17, 15) is 30.0 Å². The van der Waals surface area contributed by atoms with Crippen LogP contribution in [0.25, 0.3) is 0 Å². The highest BCUT2D eigenvalue weighted by atomic mass is 35.6. The van der Waals surface area contributed by atoms with Crippen molar-refractivity contribution in [3.05, 3.63) is 35.9 Å². The Bertz CT molecular complexity index is 713. The normalized spacial score (nSPS) is 19.1. The molecule has 26 heavy (non-hydrogen) atoms. The van der Waals surface area contributed by atoms with E-state index in [0.29, 0.717) is 0 Å². The first-order valence-corrected chi connectivity index (χ1v) is 8.17. The molecule has 0 saturated heterocycles. The van der Waals surface area contributed by atoms with Crippen molar-refractivity contribution < 1.29 is 36.5 Å². The minimum Gasteiger partial charge on any atom is -0.394 e. The number of halogens is 3. The zero-order chi connectivity index (χ0) is 21.0. The quantitative estimate of drug-likeness (QED) is 0.142. The molecule has 0 aliphatic rings. The predicted octanol–water partition coefficient (Wildman–Crippen LogP) is -0.366. The Balaban J connectivity index is 3.57. The molecular formula is C15H16Cl3NO7. The summed E-state index contributed by atoms with van der Waals surface area (Å²) in [5.74, 6) is -3.19. The number of carbonyl (C=O) groups excluding carboxylic acids is 2. The average molecular weight is 430 g/mol. The molecule has 1 aromatic carbocycles. The summed E-state index contributed by atoms with van der Waals surface area (Å²) in [5.41, 5.74) is -4.98. The molecule has 1 rings (SSSR count). The van der Waals surface area contributed by atoms with Crippen LogP contribution in [0.1, 0.15) is 10.4 Å². The van der Waals surface area contributed by atoms with E-state index in [2.05, 4.69) is 5.40 Å². The van der Waals surface area contributed by atoms with Crippen LogP contribution in [0.5, 0.6) is 0 Å². The molecule has 6 N–H and O–H groups in total. The van der Waals surface area contributed by atoms with Crippen LogP contribution < -0.4 is 0 Å². The van der Waals surface area contributed by atoms with E-state index < -0.39 is 51.6 Å². The highest BCUT2D eigenvalue weighted by Crippen LogP contribution is 2.32. The number of alkyl halides is 3. The van der Waals surface area contributed by atoms with E-state index >= 15 is 0 Å². The Morgan fingerprint density at radius 3 is 2.12 bits per heavy atom. The van der Waals surface area contributed by atoms with Crippen LogP contribution in [0, 0.1) is 5.40 Å². The van der Waals surface area contributed by atoms with Crippen LogP contribution in [0.15, 0.2) is 30.3 Å². The fourth-order valence-electron chi connectivity index (χ4n) is 2.06. The third-order valence-corrected chi connectivity index (χ3v) is 4.08. The number of aliphatic hydroxyl groups excluding tert-OH is 4. The van der Waals surface area contributed by atoms with Crippen LogP contribution in [-0.2, 0) is 4.79 Å². The molecule has 0 unspecified atom stereocenters. The zero-order valence-corrected chi connectivity index (χ0v) is 15.2. The molecular weight excluding hydrogens is 413 g/mol. The van der Waals surface area contributed by atoms with Gasteiger partial charge in [0.05, 0.1) is 6.61 Å². The second-order valence-corrected chi connectivity index (χ2v) is 7.60. The van der Waals surface area contributed by atoms with Gasteiger partial charge in [-0.1, -0.05) is 65.1 Å². The number of hydrogen-bond donors (Lipinski definition) is 6. The predicted molar refractivity (Wildman–Crippen MR) is 93.9 cm³/mol. The molecule has 11 heteroatoms. The average Bonchev–Trinajstić information content (AvgIpc) is 2.64. The van der Waals surface area contributed by atoms with Crippen LogP contribution >= 0.6 is 34.8 Å². The van der Waals surface area contributed by atoms with E-state index in [0.717, 1.165) is 0 Å². The monoisotopic (exact) mass is 428 g/mol. The van der Waals surface area contributed by atoms with Crippen molar-refractivity contribution in [2.45, 2.75) is 27.7 Å².